The number of benzene rings is 1. The van der Waals surface area contributed by atoms with Gasteiger partial charge in [0.05, 0.1) is 11.5 Å². The largest absolute Gasteiger partial charge is 0.357 e. The van der Waals surface area contributed by atoms with Crippen molar-refractivity contribution in [2.45, 2.75) is 50.9 Å². The third kappa shape index (κ3) is 5.70. The van der Waals surface area contributed by atoms with Crippen LogP contribution in [-0.2, 0) is 6.54 Å². The third-order valence-electron chi connectivity index (χ3n) is 4.01. The molecule has 2 atom stereocenters. The smallest absolute Gasteiger partial charge is 0.269 e. The summed E-state index contributed by atoms with van der Waals surface area (Å²) in [7, 11) is 0. The molecule has 1 fully saturated rings. The summed E-state index contributed by atoms with van der Waals surface area (Å²) in [4.78, 5) is 15.1. The van der Waals surface area contributed by atoms with Crippen molar-refractivity contribution in [1.29, 1.82) is 0 Å². The number of nitro benzene ring substituents is 1. The average Bonchev–Trinajstić information content (AvgIpc) is 3.00. The van der Waals surface area contributed by atoms with Crippen LogP contribution in [0.25, 0.3) is 0 Å². The molecule has 0 spiro atoms. The van der Waals surface area contributed by atoms with Gasteiger partial charge in [0.2, 0.25) is 0 Å². The zero-order valence-corrected chi connectivity index (χ0v) is 15.1. The summed E-state index contributed by atoms with van der Waals surface area (Å²) in [5.74, 6) is 1.95. The van der Waals surface area contributed by atoms with E-state index in [1.54, 1.807) is 12.1 Å². The maximum Gasteiger partial charge on any atom is 0.269 e. The summed E-state index contributed by atoms with van der Waals surface area (Å²) in [6.45, 7) is 5.46. The molecule has 132 valence electrons. The van der Waals surface area contributed by atoms with Gasteiger partial charge in [0.25, 0.3) is 5.69 Å². The van der Waals surface area contributed by atoms with Crippen LogP contribution >= 0.6 is 11.8 Å². The second-order valence-corrected chi connectivity index (χ2v) is 7.43. The van der Waals surface area contributed by atoms with Gasteiger partial charge in [-0.15, -0.1) is 0 Å². The molecule has 0 heterocycles. The van der Waals surface area contributed by atoms with Crippen LogP contribution in [0.3, 0.4) is 0 Å². The first kappa shape index (κ1) is 18.6. The standard InChI is InChI=1S/C17H26N4O2S/c1-3-18-17(20-14-8-9-16(11-14)24-4-2)19-12-13-6-5-7-15(10-13)21(22)23/h5-7,10,14,16H,3-4,8-9,11-12H2,1-2H3,(H2,18,19,20). The van der Waals surface area contributed by atoms with E-state index < -0.39 is 0 Å². The molecule has 2 unspecified atom stereocenters. The van der Waals surface area contributed by atoms with Crippen molar-refractivity contribution in [3.63, 3.8) is 0 Å². The highest BCUT2D eigenvalue weighted by atomic mass is 32.2. The maximum absolute atomic E-state index is 10.9. The predicted molar refractivity (Wildman–Crippen MR) is 101 cm³/mol. The first-order valence-corrected chi connectivity index (χ1v) is 9.57. The van der Waals surface area contributed by atoms with E-state index in [0.717, 1.165) is 23.3 Å². The Morgan fingerprint density at radius 1 is 1.42 bits per heavy atom. The van der Waals surface area contributed by atoms with E-state index in [1.807, 2.05) is 24.8 Å². The Balaban J connectivity index is 1.95. The van der Waals surface area contributed by atoms with E-state index >= 15 is 0 Å². The molecule has 1 aliphatic rings. The minimum atomic E-state index is -0.374. The van der Waals surface area contributed by atoms with Gasteiger partial charge in [0, 0.05) is 30.0 Å². The molecular formula is C17H26N4O2S. The van der Waals surface area contributed by atoms with Gasteiger partial charge in [0.1, 0.15) is 0 Å². The summed E-state index contributed by atoms with van der Waals surface area (Å²) >= 11 is 2.03. The van der Waals surface area contributed by atoms with Crippen LogP contribution in [-0.4, -0.2) is 34.5 Å². The molecule has 0 amide bonds. The first-order chi connectivity index (χ1) is 11.6. The third-order valence-corrected chi connectivity index (χ3v) is 5.25. The number of guanidine groups is 1. The maximum atomic E-state index is 10.9. The molecular weight excluding hydrogens is 324 g/mol. The van der Waals surface area contributed by atoms with Gasteiger partial charge >= 0.3 is 0 Å². The molecule has 1 aromatic carbocycles. The summed E-state index contributed by atoms with van der Waals surface area (Å²) in [6, 6.07) is 7.10. The van der Waals surface area contributed by atoms with Gasteiger partial charge in [-0.2, -0.15) is 11.8 Å². The number of nitro groups is 1. The summed E-state index contributed by atoms with van der Waals surface area (Å²) in [6.07, 6.45) is 3.58. The molecule has 1 aliphatic carbocycles. The molecule has 1 saturated carbocycles. The summed E-state index contributed by atoms with van der Waals surface area (Å²) in [5, 5.41) is 18.4. The number of nitrogens with zero attached hydrogens (tertiary/aromatic N) is 2. The SMILES string of the molecule is CCNC(=NCc1cccc([N+](=O)[O-])c1)NC1CCC(SCC)C1. The van der Waals surface area contributed by atoms with Crippen molar-refractivity contribution in [2.75, 3.05) is 12.3 Å². The minimum Gasteiger partial charge on any atom is -0.357 e. The lowest BCUT2D eigenvalue weighted by Crippen LogP contribution is -2.42. The number of rotatable bonds is 7. The van der Waals surface area contributed by atoms with Crippen LogP contribution < -0.4 is 10.6 Å². The number of non-ortho nitro benzene ring substituents is 1. The Morgan fingerprint density at radius 3 is 2.96 bits per heavy atom. The zero-order valence-electron chi connectivity index (χ0n) is 14.3. The monoisotopic (exact) mass is 350 g/mol. The fraction of sp³-hybridized carbons (Fsp3) is 0.588. The molecule has 1 aromatic rings. The number of nitrogens with one attached hydrogen (secondary N) is 2. The molecule has 24 heavy (non-hydrogen) atoms. The number of hydrogen-bond acceptors (Lipinski definition) is 4. The van der Waals surface area contributed by atoms with Crippen LogP contribution in [0.4, 0.5) is 5.69 Å². The Kier molecular flexibility index (Phi) is 7.36. The normalized spacial score (nSPS) is 20.8. The predicted octanol–water partition coefficient (Wildman–Crippen LogP) is 3.32. The van der Waals surface area contributed by atoms with E-state index in [0.29, 0.717) is 12.6 Å². The van der Waals surface area contributed by atoms with Gasteiger partial charge in [-0.05, 0) is 37.5 Å². The van der Waals surface area contributed by atoms with Crippen LogP contribution in [0, 0.1) is 10.1 Å². The van der Waals surface area contributed by atoms with Crippen LogP contribution in [0.15, 0.2) is 29.3 Å². The highest BCUT2D eigenvalue weighted by Gasteiger charge is 2.25. The topological polar surface area (TPSA) is 79.6 Å². The Morgan fingerprint density at radius 2 is 2.25 bits per heavy atom. The van der Waals surface area contributed by atoms with Gasteiger partial charge in [-0.25, -0.2) is 4.99 Å². The van der Waals surface area contributed by atoms with Crippen molar-refractivity contribution in [2.24, 2.45) is 4.99 Å². The highest BCUT2D eigenvalue weighted by Crippen LogP contribution is 2.29. The lowest BCUT2D eigenvalue weighted by molar-refractivity contribution is -0.384. The van der Waals surface area contributed by atoms with E-state index in [9.17, 15) is 10.1 Å². The Hall–Kier alpha value is -1.76. The van der Waals surface area contributed by atoms with Gasteiger partial charge in [-0.1, -0.05) is 19.1 Å². The van der Waals surface area contributed by atoms with Crippen molar-refractivity contribution >= 4 is 23.4 Å². The highest BCUT2D eigenvalue weighted by molar-refractivity contribution is 7.99. The lowest BCUT2D eigenvalue weighted by atomic mass is 10.2. The van der Waals surface area contributed by atoms with E-state index in [4.69, 9.17) is 0 Å². The second-order valence-electron chi connectivity index (χ2n) is 5.85. The quantitative estimate of drug-likeness (QED) is 0.341. The van der Waals surface area contributed by atoms with Crippen molar-refractivity contribution < 1.29 is 4.92 Å². The fourth-order valence-corrected chi connectivity index (χ4v) is 4.05. The average molecular weight is 350 g/mol. The van der Waals surface area contributed by atoms with E-state index in [2.05, 4.69) is 22.5 Å². The van der Waals surface area contributed by atoms with Crippen molar-refractivity contribution in [1.82, 2.24) is 10.6 Å². The molecule has 0 aliphatic heterocycles. The number of thioether (sulfide) groups is 1. The van der Waals surface area contributed by atoms with Crippen LogP contribution in [0.2, 0.25) is 0 Å². The van der Waals surface area contributed by atoms with E-state index in [-0.39, 0.29) is 10.6 Å². The van der Waals surface area contributed by atoms with Gasteiger partial charge in [-0.3, -0.25) is 10.1 Å². The fourth-order valence-electron chi connectivity index (χ4n) is 2.91. The molecule has 2 rings (SSSR count). The lowest BCUT2D eigenvalue weighted by Gasteiger charge is -2.17. The Labute approximate surface area is 147 Å². The Bertz CT molecular complexity index is 579. The van der Waals surface area contributed by atoms with Gasteiger partial charge in [0.15, 0.2) is 5.96 Å². The first-order valence-electron chi connectivity index (χ1n) is 8.52. The number of aliphatic imine (C=N–C) groups is 1. The zero-order chi connectivity index (χ0) is 17.4. The minimum absolute atomic E-state index is 0.107. The second kappa shape index (κ2) is 9.52. The molecule has 0 saturated heterocycles. The van der Waals surface area contributed by atoms with Crippen molar-refractivity contribution in [3.8, 4) is 0 Å². The van der Waals surface area contributed by atoms with Gasteiger partial charge < -0.3 is 10.6 Å². The molecule has 0 radical (unpaired) electrons. The van der Waals surface area contributed by atoms with Crippen molar-refractivity contribution in [3.05, 3.63) is 39.9 Å². The van der Waals surface area contributed by atoms with Crippen LogP contribution in [0.5, 0.6) is 0 Å². The summed E-state index contributed by atoms with van der Waals surface area (Å²) in [5.41, 5.74) is 0.947. The molecule has 2 N–H and O–H groups in total. The molecule has 6 nitrogen and oxygen atoms in total. The summed E-state index contributed by atoms with van der Waals surface area (Å²) < 4.78 is 0. The molecule has 7 heteroatoms. The molecule has 0 aromatic heterocycles. The van der Waals surface area contributed by atoms with E-state index in [1.165, 1.54) is 31.1 Å². The molecule has 0 bridgehead atoms. The number of hydrogen-bond donors (Lipinski definition) is 2. The van der Waals surface area contributed by atoms with Crippen LogP contribution in [0.1, 0.15) is 38.7 Å².